The molecule has 0 spiro atoms. The Morgan fingerprint density at radius 1 is 1.50 bits per heavy atom. The number of phenolic OH excluding ortho intramolecular Hbond substituents is 1. The smallest absolute Gasteiger partial charge is 0.165 e. The number of nitrogens with two attached hydrogens (primary N) is 1. The summed E-state index contributed by atoms with van der Waals surface area (Å²) < 4.78 is 13.2. The minimum Gasteiger partial charge on any atom is -0.505 e. The summed E-state index contributed by atoms with van der Waals surface area (Å²) in [7, 11) is 0. The predicted molar refractivity (Wildman–Crippen MR) is 64.3 cm³/mol. The van der Waals surface area contributed by atoms with Crippen molar-refractivity contribution in [3.05, 3.63) is 29.1 Å². The average molecular weight is 246 g/mol. The third-order valence-corrected chi connectivity index (χ3v) is 2.92. The highest BCUT2D eigenvalue weighted by atomic mass is 35.5. The molecule has 0 aliphatic heterocycles. The van der Waals surface area contributed by atoms with Crippen molar-refractivity contribution in [1.29, 1.82) is 0 Å². The molecule has 90 valence electrons. The van der Waals surface area contributed by atoms with Crippen molar-refractivity contribution in [3.63, 3.8) is 0 Å². The molecule has 0 heterocycles. The monoisotopic (exact) mass is 245 g/mol. The number of hydrogen-bond acceptors (Lipinski definition) is 2. The van der Waals surface area contributed by atoms with Crippen LogP contribution in [0.3, 0.4) is 0 Å². The van der Waals surface area contributed by atoms with Crippen molar-refractivity contribution >= 4 is 12.4 Å². The van der Waals surface area contributed by atoms with Crippen LogP contribution in [0, 0.1) is 18.7 Å². The Morgan fingerprint density at radius 2 is 2.12 bits per heavy atom. The van der Waals surface area contributed by atoms with Crippen LogP contribution in [0.1, 0.15) is 36.4 Å². The molecule has 1 fully saturated rings. The van der Waals surface area contributed by atoms with Gasteiger partial charge in [0.05, 0.1) is 0 Å². The van der Waals surface area contributed by atoms with Crippen LogP contribution in [0.15, 0.2) is 12.1 Å². The number of aromatic hydroxyl groups is 1. The molecule has 1 aromatic carbocycles. The average Bonchev–Trinajstić information content (AvgIpc) is 2.94. The number of benzene rings is 1. The van der Waals surface area contributed by atoms with Crippen molar-refractivity contribution in [2.24, 2.45) is 11.7 Å². The second-order valence-corrected chi connectivity index (χ2v) is 4.47. The first-order valence-electron chi connectivity index (χ1n) is 5.32. The molecule has 0 amide bonds. The van der Waals surface area contributed by atoms with Crippen LogP contribution < -0.4 is 5.73 Å². The van der Waals surface area contributed by atoms with E-state index in [9.17, 15) is 9.50 Å². The highest BCUT2D eigenvalue weighted by Gasteiger charge is 2.26. The maximum absolute atomic E-state index is 13.2. The van der Waals surface area contributed by atoms with Crippen LogP contribution in [0.2, 0.25) is 0 Å². The van der Waals surface area contributed by atoms with Crippen LogP contribution in [0.5, 0.6) is 5.75 Å². The summed E-state index contributed by atoms with van der Waals surface area (Å²) in [6.45, 7) is 1.80. The molecule has 4 heteroatoms. The van der Waals surface area contributed by atoms with E-state index in [0.717, 1.165) is 12.0 Å². The second kappa shape index (κ2) is 5.02. The van der Waals surface area contributed by atoms with Crippen LogP contribution in [0.25, 0.3) is 0 Å². The molecule has 0 bridgehead atoms. The van der Waals surface area contributed by atoms with Crippen molar-refractivity contribution < 1.29 is 9.50 Å². The lowest BCUT2D eigenvalue weighted by molar-refractivity contribution is 0.416. The van der Waals surface area contributed by atoms with Crippen LogP contribution in [0.4, 0.5) is 4.39 Å². The van der Waals surface area contributed by atoms with Gasteiger partial charge in [0, 0.05) is 11.6 Å². The molecule has 1 atom stereocenters. The number of hydrogen-bond donors (Lipinski definition) is 2. The minimum absolute atomic E-state index is 0. The van der Waals surface area contributed by atoms with E-state index in [4.69, 9.17) is 5.73 Å². The SMILES string of the molecule is Cc1cc(F)c(O)c([C@H](N)CC2CC2)c1.Cl. The van der Waals surface area contributed by atoms with E-state index in [0.29, 0.717) is 11.5 Å². The van der Waals surface area contributed by atoms with E-state index >= 15 is 0 Å². The van der Waals surface area contributed by atoms with E-state index in [1.165, 1.54) is 18.9 Å². The fraction of sp³-hybridized carbons (Fsp3) is 0.500. The quantitative estimate of drug-likeness (QED) is 0.860. The highest BCUT2D eigenvalue weighted by Crippen LogP contribution is 2.39. The molecule has 0 radical (unpaired) electrons. The number of aryl methyl sites for hydroxylation is 1. The molecule has 16 heavy (non-hydrogen) atoms. The van der Waals surface area contributed by atoms with Gasteiger partial charge in [-0.15, -0.1) is 12.4 Å². The Morgan fingerprint density at radius 3 is 2.69 bits per heavy atom. The topological polar surface area (TPSA) is 46.2 Å². The Labute approximate surface area is 101 Å². The summed E-state index contributed by atoms with van der Waals surface area (Å²) in [5.74, 6) is -0.187. The van der Waals surface area contributed by atoms with Gasteiger partial charge in [0.25, 0.3) is 0 Å². The van der Waals surface area contributed by atoms with Gasteiger partial charge >= 0.3 is 0 Å². The van der Waals surface area contributed by atoms with E-state index in [2.05, 4.69) is 0 Å². The summed E-state index contributed by atoms with van der Waals surface area (Å²) >= 11 is 0. The Balaban J connectivity index is 0.00000128. The summed E-state index contributed by atoms with van der Waals surface area (Å²) in [6, 6.07) is 2.85. The summed E-state index contributed by atoms with van der Waals surface area (Å²) in [5, 5.41) is 9.57. The Kier molecular flexibility index (Phi) is 4.16. The second-order valence-electron chi connectivity index (χ2n) is 4.47. The molecule has 1 aromatic rings. The van der Waals surface area contributed by atoms with Gasteiger partial charge in [-0.25, -0.2) is 4.39 Å². The van der Waals surface area contributed by atoms with Gasteiger partial charge in [0.15, 0.2) is 11.6 Å². The Hall–Kier alpha value is -0.800. The van der Waals surface area contributed by atoms with E-state index in [1.54, 1.807) is 13.0 Å². The lowest BCUT2D eigenvalue weighted by atomic mass is 9.99. The van der Waals surface area contributed by atoms with Crippen molar-refractivity contribution in [2.45, 2.75) is 32.2 Å². The fourth-order valence-corrected chi connectivity index (χ4v) is 1.88. The minimum atomic E-state index is -0.573. The summed E-state index contributed by atoms with van der Waals surface area (Å²) in [6.07, 6.45) is 3.27. The predicted octanol–water partition coefficient (Wildman–Crippen LogP) is 3.06. The highest BCUT2D eigenvalue weighted by molar-refractivity contribution is 5.85. The summed E-state index contributed by atoms with van der Waals surface area (Å²) in [4.78, 5) is 0. The number of halogens is 2. The van der Waals surface area contributed by atoms with E-state index < -0.39 is 5.82 Å². The largest absolute Gasteiger partial charge is 0.505 e. The van der Waals surface area contributed by atoms with Gasteiger partial charge < -0.3 is 10.8 Å². The van der Waals surface area contributed by atoms with E-state index in [1.807, 2.05) is 0 Å². The molecule has 2 nitrogen and oxygen atoms in total. The Bertz CT molecular complexity index is 380. The lowest BCUT2D eigenvalue weighted by Crippen LogP contribution is -2.12. The van der Waals surface area contributed by atoms with Crippen LogP contribution >= 0.6 is 12.4 Å². The molecule has 2 rings (SSSR count). The fourth-order valence-electron chi connectivity index (χ4n) is 1.88. The van der Waals surface area contributed by atoms with Crippen LogP contribution in [-0.4, -0.2) is 5.11 Å². The van der Waals surface area contributed by atoms with Gasteiger partial charge in [-0.2, -0.15) is 0 Å². The van der Waals surface area contributed by atoms with Gasteiger partial charge in [-0.3, -0.25) is 0 Å². The van der Waals surface area contributed by atoms with Crippen LogP contribution in [-0.2, 0) is 0 Å². The molecule has 0 aromatic heterocycles. The first kappa shape index (κ1) is 13.3. The third kappa shape index (κ3) is 2.86. The molecule has 0 unspecified atom stereocenters. The molecule has 1 aliphatic carbocycles. The molecular formula is C12H17ClFNO. The van der Waals surface area contributed by atoms with Gasteiger partial charge in [0.1, 0.15) is 0 Å². The van der Waals surface area contributed by atoms with Crippen molar-refractivity contribution in [1.82, 2.24) is 0 Å². The first-order valence-corrected chi connectivity index (χ1v) is 5.32. The van der Waals surface area contributed by atoms with Gasteiger partial charge in [0.2, 0.25) is 0 Å². The zero-order chi connectivity index (χ0) is 11.0. The molecule has 3 N–H and O–H groups in total. The van der Waals surface area contributed by atoms with Gasteiger partial charge in [-0.1, -0.05) is 18.9 Å². The summed E-state index contributed by atoms with van der Waals surface area (Å²) in [5.41, 5.74) is 7.29. The molecule has 1 saturated carbocycles. The lowest BCUT2D eigenvalue weighted by Gasteiger charge is -2.14. The maximum Gasteiger partial charge on any atom is 0.165 e. The van der Waals surface area contributed by atoms with Crippen molar-refractivity contribution in [3.8, 4) is 5.75 Å². The maximum atomic E-state index is 13.2. The third-order valence-electron chi connectivity index (χ3n) is 2.92. The van der Waals surface area contributed by atoms with E-state index in [-0.39, 0.29) is 24.2 Å². The molecule has 0 saturated heterocycles. The number of rotatable bonds is 3. The van der Waals surface area contributed by atoms with Gasteiger partial charge in [-0.05, 0) is 30.9 Å². The zero-order valence-electron chi connectivity index (χ0n) is 9.24. The first-order chi connectivity index (χ1) is 7.08. The van der Waals surface area contributed by atoms with Crippen molar-refractivity contribution in [2.75, 3.05) is 0 Å². The zero-order valence-corrected chi connectivity index (χ0v) is 10.1. The standard InChI is InChI=1S/C12H16FNO.ClH/c1-7-4-9(12(15)10(13)5-7)11(14)6-8-2-3-8;/h4-5,8,11,15H,2-3,6,14H2,1H3;1H/t11-;/m1./s1. The molecule has 1 aliphatic rings. The molecular weight excluding hydrogens is 229 g/mol. The normalized spacial score (nSPS) is 16.7. The number of phenols is 1.